The van der Waals surface area contributed by atoms with Crippen molar-refractivity contribution in [2.24, 2.45) is 11.8 Å². The summed E-state index contributed by atoms with van der Waals surface area (Å²) >= 11 is 1.18. The van der Waals surface area contributed by atoms with Crippen molar-refractivity contribution in [3.63, 3.8) is 0 Å². The van der Waals surface area contributed by atoms with E-state index in [4.69, 9.17) is 0 Å². The van der Waals surface area contributed by atoms with Gasteiger partial charge >= 0.3 is 5.97 Å². The molecular weight excluding hydrogens is 376 g/mol. The van der Waals surface area contributed by atoms with Gasteiger partial charge in [0.1, 0.15) is 0 Å². The van der Waals surface area contributed by atoms with Gasteiger partial charge in [-0.1, -0.05) is 6.92 Å². The lowest BCUT2D eigenvalue weighted by Gasteiger charge is -2.33. The lowest BCUT2D eigenvalue weighted by Crippen LogP contribution is -2.45. The average Bonchev–Trinajstić information content (AvgIpc) is 3.05. The van der Waals surface area contributed by atoms with Crippen molar-refractivity contribution in [3.8, 4) is 11.3 Å². The van der Waals surface area contributed by atoms with Gasteiger partial charge in [-0.05, 0) is 30.5 Å². The molecule has 1 aromatic heterocycles. The third kappa shape index (κ3) is 4.86. The second kappa shape index (κ2) is 8.10. The van der Waals surface area contributed by atoms with Crippen molar-refractivity contribution in [2.45, 2.75) is 13.3 Å². The molecule has 0 bridgehead atoms. The van der Waals surface area contributed by atoms with Gasteiger partial charge in [-0.15, -0.1) is 11.3 Å². The normalized spacial score (nSPS) is 20.4. The Balaban J connectivity index is 1.60. The van der Waals surface area contributed by atoms with Gasteiger partial charge in [-0.3, -0.25) is 14.5 Å². The van der Waals surface area contributed by atoms with Crippen molar-refractivity contribution < 1.29 is 23.5 Å². The Morgan fingerprint density at radius 1 is 1.33 bits per heavy atom. The van der Waals surface area contributed by atoms with Crippen molar-refractivity contribution in [3.05, 3.63) is 35.2 Å². The van der Waals surface area contributed by atoms with E-state index in [2.05, 4.69) is 10.3 Å². The number of rotatable bonds is 5. The van der Waals surface area contributed by atoms with Crippen molar-refractivity contribution in [1.82, 2.24) is 9.88 Å². The number of aromatic nitrogens is 1. The Morgan fingerprint density at radius 2 is 2.11 bits per heavy atom. The molecule has 2 aromatic rings. The summed E-state index contributed by atoms with van der Waals surface area (Å²) in [6, 6.07) is 3.50. The van der Waals surface area contributed by atoms with E-state index in [0.29, 0.717) is 35.9 Å². The third-order valence-corrected chi connectivity index (χ3v) is 5.18. The largest absolute Gasteiger partial charge is 0.481 e. The summed E-state index contributed by atoms with van der Waals surface area (Å²) in [5.74, 6) is -3.30. The number of thiazole rings is 1. The highest BCUT2D eigenvalue weighted by molar-refractivity contribution is 7.14. The van der Waals surface area contributed by atoms with Gasteiger partial charge in [-0.2, -0.15) is 0 Å². The number of aliphatic carboxylic acids is 1. The Kier molecular flexibility index (Phi) is 5.81. The minimum atomic E-state index is -0.960. The Morgan fingerprint density at radius 3 is 2.81 bits per heavy atom. The topological polar surface area (TPSA) is 82.5 Å². The highest BCUT2D eigenvalue weighted by atomic mass is 32.1. The van der Waals surface area contributed by atoms with Crippen molar-refractivity contribution in [2.75, 3.05) is 25.0 Å². The first kappa shape index (κ1) is 19.4. The predicted octanol–water partition coefficient (Wildman–Crippen LogP) is 3.07. The van der Waals surface area contributed by atoms with E-state index < -0.39 is 23.5 Å². The molecule has 1 saturated heterocycles. The van der Waals surface area contributed by atoms with Crippen LogP contribution in [0.2, 0.25) is 0 Å². The van der Waals surface area contributed by atoms with Gasteiger partial charge in [-0.25, -0.2) is 13.8 Å². The van der Waals surface area contributed by atoms with Crippen LogP contribution in [0.1, 0.15) is 13.3 Å². The summed E-state index contributed by atoms with van der Waals surface area (Å²) in [6.45, 7) is 3.05. The van der Waals surface area contributed by atoms with E-state index >= 15 is 0 Å². The summed E-state index contributed by atoms with van der Waals surface area (Å²) in [4.78, 5) is 29.5. The Labute approximate surface area is 158 Å². The number of carbonyl (C=O) groups is 2. The number of anilines is 1. The second-order valence-corrected chi connectivity index (χ2v) is 7.64. The van der Waals surface area contributed by atoms with E-state index in [0.717, 1.165) is 12.1 Å². The molecule has 1 fully saturated rings. The monoisotopic (exact) mass is 395 g/mol. The number of piperidine rings is 1. The number of amides is 1. The molecule has 6 nitrogen and oxygen atoms in total. The molecule has 3 rings (SSSR count). The molecule has 2 N–H and O–H groups in total. The van der Waals surface area contributed by atoms with Crippen molar-refractivity contribution in [1.29, 1.82) is 0 Å². The van der Waals surface area contributed by atoms with Crippen LogP contribution in [-0.4, -0.2) is 46.5 Å². The van der Waals surface area contributed by atoms with Crippen LogP contribution >= 0.6 is 11.3 Å². The zero-order valence-corrected chi connectivity index (χ0v) is 15.4. The zero-order valence-electron chi connectivity index (χ0n) is 14.6. The van der Waals surface area contributed by atoms with Gasteiger partial charge < -0.3 is 10.4 Å². The predicted molar refractivity (Wildman–Crippen MR) is 97.4 cm³/mol. The number of halogens is 2. The first-order valence-corrected chi connectivity index (χ1v) is 9.35. The summed E-state index contributed by atoms with van der Waals surface area (Å²) in [7, 11) is 0. The Bertz CT molecular complexity index is 858. The summed E-state index contributed by atoms with van der Waals surface area (Å²) in [6.07, 6.45) is 0.609. The number of carboxylic acids is 1. The van der Waals surface area contributed by atoms with Crippen LogP contribution in [0.4, 0.5) is 13.9 Å². The maximum Gasteiger partial charge on any atom is 0.307 e. The molecule has 1 aromatic carbocycles. The Hall–Kier alpha value is -2.39. The molecule has 2 atom stereocenters. The molecular formula is C18H19F2N3O3S. The molecule has 2 heterocycles. The lowest BCUT2D eigenvalue weighted by atomic mass is 9.90. The number of benzene rings is 1. The van der Waals surface area contributed by atoms with E-state index in [9.17, 15) is 23.5 Å². The van der Waals surface area contributed by atoms with Gasteiger partial charge in [0.25, 0.3) is 0 Å². The number of hydrogen-bond donors (Lipinski definition) is 2. The maximum atomic E-state index is 13.3. The third-order valence-electron chi connectivity index (χ3n) is 4.42. The van der Waals surface area contributed by atoms with E-state index in [1.54, 1.807) is 5.38 Å². The first-order chi connectivity index (χ1) is 12.8. The van der Waals surface area contributed by atoms with Crippen molar-refractivity contribution >= 4 is 28.3 Å². The zero-order chi connectivity index (χ0) is 19.6. The van der Waals surface area contributed by atoms with Crippen LogP contribution in [0, 0.1) is 23.5 Å². The first-order valence-electron chi connectivity index (χ1n) is 8.47. The standard InChI is InChI=1S/C18H19F2N3O3S/c1-10-4-12(17(25)26)7-23(6-10)8-16(24)22-18-21-15(9-27-18)11-2-3-13(19)14(20)5-11/h2-3,5,9-10,12H,4,6-8H2,1H3,(H,25,26)(H,21,22,24). The molecule has 2 unspecified atom stereocenters. The minimum absolute atomic E-state index is 0.0776. The minimum Gasteiger partial charge on any atom is -0.481 e. The molecule has 1 aliphatic rings. The van der Waals surface area contributed by atoms with Crippen LogP contribution in [-0.2, 0) is 9.59 Å². The highest BCUT2D eigenvalue weighted by Gasteiger charge is 2.30. The number of nitrogens with one attached hydrogen (secondary N) is 1. The van der Waals surface area contributed by atoms with Crippen LogP contribution < -0.4 is 5.32 Å². The highest BCUT2D eigenvalue weighted by Crippen LogP contribution is 2.26. The second-order valence-electron chi connectivity index (χ2n) is 6.79. The van der Waals surface area contributed by atoms with Gasteiger partial charge in [0, 0.05) is 24.0 Å². The fourth-order valence-electron chi connectivity index (χ4n) is 3.25. The van der Waals surface area contributed by atoms with Crippen LogP contribution in [0.15, 0.2) is 23.6 Å². The smallest absolute Gasteiger partial charge is 0.307 e. The quantitative estimate of drug-likeness (QED) is 0.813. The van der Waals surface area contributed by atoms with Gasteiger partial charge in [0.2, 0.25) is 5.91 Å². The molecule has 27 heavy (non-hydrogen) atoms. The van der Waals surface area contributed by atoms with Crippen LogP contribution in [0.5, 0.6) is 0 Å². The number of nitrogens with zero attached hydrogens (tertiary/aromatic N) is 2. The number of carboxylic acid groups (broad SMARTS) is 1. The van der Waals surface area contributed by atoms with Crippen LogP contribution in [0.25, 0.3) is 11.3 Å². The maximum absolute atomic E-state index is 13.3. The molecule has 0 spiro atoms. The number of carbonyl (C=O) groups excluding carboxylic acids is 1. The average molecular weight is 395 g/mol. The van der Waals surface area contributed by atoms with Gasteiger partial charge in [0.15, 0.2) is 16.8 Å². The fraction of sp³-hybridized carbons (Fsp3) is 0.389. The number of likely N-dealkylation sites (tertiary alicyclic amines) is 1. The molecule has 0 radical (unpaired) electrons. The SMILES string of the molecule is CC1CC(C(=O)O)CN(CC(=O)Nc2nc(-c3ccc(F)c(F)c3)cs2)C1. The molecule has 1 aliphatic heterocycles. The summed E-state index contributed by atoms with van der Waals surface area (Å²) < 4.78 is 26.4. The molecule has 0 saturated carbocycles. The van der Waals surface area contributed by atoms with Gasteiger partial charge in [0.05, 0.1) is 18.2 Å². The summed E-state index contributed by atoms with van der Waals surface area (Å²) in [5, 5.41) is 13.9. The lowest BCUT2D eigenvalue weighted by molar-refractivity contribution is -0.144. The van der Waals surface area contributed by atoms with E-state index in [1.807, 2.05) is 11.8 Å². The molecule has 9 heteroatoms. The number of hydrogen-bond acceptors (Lipinski definition) is 5. The van der Waals surface area contributed by atoms with E-state index in [1.165, 1.54) is 17.4 Å². The summed E-state index contributed by atoms with van der Waals surface area (Å²) in [5.41, 5.74) is 0.853. The van der Waals surface area contributed by atoms with Crippen LogP contribution in [0.3, 0.4) is 0 Å². The van der Waals surface area contributed by atoms with E-state index in [-0.39, 0.29) is 18.4 Å². The molecule has 0 aliphatic carbocycles. The molecule has 1 amide bonds. The molecule has 144 valence electrons. The fourth-order valence-corrected chi connectivity index (χ4v) is 3.99.